The van der Waals surface area contributed by atoms with Crippen LogP contribution in [-0.4, -0.2) is 29.8 Å². The van der Waals surface area contributed by atoms with E-state index >= 15 is 0 Å². The van der Waals surface area contributed by atoms with Crippen LogP contribution in [0.25, 0.3) is 6.08 Å². The molecule has 0 saturated carbocycles. The van der Waals surface area contributed by atoms with Crippen molar-refractivity contribution in [3.8, 4) is 6.07 Å². The third-order valence-electron chi connectivity index (χ3n) is 4.24. The Hall–Kier alpha value is -2.91. The van der Waals surface area contributed by atoms with E-state index in [1.165, 1.54) is 6.08 Å². The summed E-state index contributed by atoms with van der Waals surface area (Å²) in [4.78, 5) is 27.1. The summed E-state index contributed by atoms with van der Waals surface area (Å²) in [6.07, 6.45) is 3.13. The van der Waals surface area contributed by atoms with Gasteiger partial charge in [-0.3, -0.25) is 9.59 Å². The maximum Gasteiger partial charge on any atom is 0.264 e. The van der Waals surface area contributed by atoms with Crippen LogP contribution in [0, 0.1) is 25.2 Å². The molecule has 2 rings (SSSR count). The van der Waals surface area contributed by atoms with Crippen molar-refractivity contribution in [2.24, 2.45) is 0 Å². The molecule has 0 aliphatic heterocycles. The molecule has 1 aromatic heterocycles. The minimum absolute atomic E-state index is 0.116. The predicted octanol–water partition coefficient (Wildman–Crippen LogP) is 4.37. The number of hydrogen-bond acceptors (Lipinski definition) is 4. The standard InChI is InChI=1S/C21H23N3O2S/c1-5-24(6-2)21(26)19-15(4)17(13-22)20(27-19)23-18(25)12-11-16-9-7-14(3)8-10-16/h7-12H,5-6H2,1-4H3,(H,23,25)/b12-11+. The molecule has 0 saturated heterocycles. The summed E-state index contributed by atoms with van der Waals surface area (Å²) in [6, 6.07) is 9.90. The fourth-order valence-electron chi connectivity index (χ4n) is 2.60. The molecule has 1 heterocycles. The third kappa shape index (κ3) is 4.83. The van der Waals surface area contributed by atoms with Crippen molar-refractivity contribution in [3.63, 3.8) is 0 Å². The van der Waals surface area contributed by atoms with Crippen LogP contribution in [0.15, 0.2) is 30.3 Å². The van der Waals surface area contributed by atoms with Crippen molar-refractivity contribution in [2.75, 3.05) is 18.4 Å². The second-order valence-electron chi connectivity index (χ2n) is 6.08. The van der Waals surface area contributed by atoms with Gasteiger partial charge in [-0.05, 0) is 44.9 Å². The Morgan fingerprint density at radius 3 is 2.37 bits per heavy atom. The molecule has 2 amide bonds. The minimum Gasteiger partial charge on any atom is -0.338 e. The molecule has 0 bridgehead atoms. The topological polar surface area (TPSA) is 73.2 Å². The number of nitriles is 1. The van der Waals surface area contributed by atoms with E-state index in [2.05, 4.69) is 11.4 Å². The number of benzene rings is 1. The van der Waals surface area contributed by atoms with Crippen molar-refractivity contribution in [2.45, 2.75) is 27.7 Å². The van der Waals surface area contributed by atoms with Gasteiger partial charge in [0.2, 0.25) is 5.91 Å². The molecule has 140 valence electrons. The van der Waals surface area contributed by atoms with E-state index in [4.69, 9.17) is 0 Å². The molecule has 0 fully saturated rings. The fraction of sp³-hybridized carbons (Fsp3) is 0.286. The molecule has 0 spiro atoms. The molecule has 6 heteroatoms. The van der Waals surface area contributed by atoms with E-state index in [1.807, 2.05) is 45.0 Å². The summed E-state index contributed by atoms with van der Waals surface area (Å²) in [5.41, 5.74) is 3.01. The van der Waals surface area contributed by atoms with Gasteiger partial charge in [-0.25, -0.2) is 0 Å². The van der Waals surface area contributed by atoms with Crippen LogP contribution in [0.2, 0.25) is 0 Å². The number of aryl methyl sites for hydroxylation is 1. The normalized spacial score (nSPS) is 10.6. The molecule has 27 heavy (non-hydrogen) atoms. The van der Waals surface area contributed by atoms with E-state index in [1.54, 1.807) is 17.9 Å². The second kappa shape index (κ2) is 9.15. The third-order valence-corrected chi connectivity index (χ3v) is 5.44. The van der Waals surface area contributed by atoms with E-state index in [9.17, 15) is 14.9 Å². The first-order chi connectivity index (χ1) is 12.9. The Morgan fingerprint density at radius 1 is 1.19 bits per heavy atom. The Kier molecular flexibility index (Phi) is 6.91. The highest BCUT2D eigenvalue weighted by atomic mass is 32.1. The first kappa shape index (κ1) is 20.4. The quantitative estimate of drug-likeness (QED) is 0.755. The molecule has 0 aliphatic carbocycles. The number of amides is 2. The number of nitrogens with zero attached hydrogens (tertiary/aromatic N) is 2. The molecule has 1 aromatic carbocycles. The number of hydrogen-bond donors (Lipinski definition) is 1. The first-order valence-electron chi connectivity index (χ1n) is 8.79. The largest absolute Gasteiger partial charge is 0.338 e. The summed E-state index contributed by atoms with van der Waals surface area (Å²) in [6.45, 7) is 8.75. The lowest BCUT2D eigenvalue weighted by Crippen LogP contribution is -2.30. The van der Waals surface area contributed by atoms with Crippen molar-refractivity contribution in [1.82, 2.24) is 4.90 Å². The smallest absolute Gasteiger partial charge is 0.264 e. The predicted molar refractivity (Wildman–Crippen MR) is 110 cm³/mol. The highest BCUT2D eigenvalue weighted by Gasteiger charge is 2.23. The van der Waals surface area contributed by atoms with Crippen LogP contribution in [0.4, 0.5) is 5.00 Å². The van der Waals surface area contributed by atoms with Crippen LogP contribution in [-0.2, 0) is 4.79 Å². The van der Waals surface area contributed by atoms with Gasteiger partial charge in [0.15, 0.2) is 0 Å². The maximum atomic E-state index is 12.6. The van der Waals surface area contributed by atoms with Crippen LogP contribution in [0.5, 0.6) is 0 Å². The highest BCUT2D eigenvalue weighted by Crippen LogP contribution is 2.33. The van der Waals surface area contributed by atoms with Gasteiger partial charge < -0.3 is 10.2 Å². The molecule has 2 aromatic rings. The molecular weight excluding hydrogens is 358 g/mol. The van der Waals surface area contributed by atoms with Gasteiger partial charge in [-0.2, -0.15) is 5.26 Å². The summed E-state index contributed by atoms with van der Waals surface area (Å²) < 4.78 is 0. The highest BCUT2D eigenvalue weighted by molar-refractivity contribution is 7.18. The van der Waals surface area contributed by atoms with Gasteiger partial charge in [0.25, 0.3) is 5.91 Å². The van der Waals surface area contributed by atoms with Crippen LogP contribution < -0.4 is 5.32 Å². The van der Waals surface area contributed by atoms with Crippen molar-refractivity contribution < 1.29 is 9.59 Å². The lowest BCUT2D eigenvalue weighted by molar-refractivity contribution is -0.111. The second-order valence-corrected chi connectivity index (χ2v) is 7.10. The molecule has 1 N–H and O–H groups in total. The van der Waals surface area contributed by atoms with Crippen molar-refractivity contribution in [3.05, 3.63) is 57.5 Å². The summed E-state index contributed by atoms with van der Waals surface area (Å²) >= 11 is 1.15. The van der Waals surface area contributed by atoms with E-state index in [0.29, 0.717) is 34.1 Å². The lowest BCUT2D eigenvalue weighted by Gasteiger charge is -2.17. The van der Waals surface area contributed by atoms with Gasteiger partial charge >= 0.3 is 0 Å². The van der Waals surface area contributed by atoms with Crippen LogP contribution >= 0.6 is 11.3 Å². The number of carbonyl (C=O) groups is 2. The number of thiophene rings is 1. The average molecular weight is 382 g/mol. The van der Waals surface area contributed by atoms with Gasteiger partial charge in [-0.15, -0.1) is 11.3 Å². The molecule has 0 radical (unpaired) electrons. The maximum absolute atomic E-state index is 12.6. The molecular formula is C21H23N3O2S. The number of carbonyl (C=O) groups excluding carboxylic acids is 2. The Morgan fingerprint density at radius 2 is 1.81 bits per heavy atom. The Balaban J connectivity index is 2.21. The Labute approximate surface area is 163 Å². The van der Waals surface area contributed by atoms with E-state index in [0.717, 1.165) is 22.5 Å². The summed E-state index contributed by atoms with van der Waals surface area (Å²) in [5, 5.41) is 12.6. The zero-order valence-electron chi connectivity index (χ0n) is 16.0. The molecule has 0 atom stereocenters. The van der Waals surface area contributed by atoms with Crippen LogP contribution in [0.1, 0.15) is 45.8 Å². The average Bonchev–Trinajstić information content (AvgIpc) is 2.97. The molecule has 0 aliphatic rings. The van der Waals surface area contributed by atoms with E-state index < -0.39 is 0 Å². The van der Waals surface area contributed by atoms with Gasteiger partial charge in [0, 0.05) is 19.2 Å². The number of anilines is 1. The molecule has 5 nitrogen and oxygen atoms in total. The van der Waals surface area contributed by atoms with Crippen LogP contribution in [0.3, 0.4) is 0 Å². The van der Waals surface area contributed by atoms with E-state index in [-0.39, 0.29) is 11.8 Å². The van der Waals surface area contributed by atoms with Crippen molar-refractivity contribution >= 4 is 34.2 Å². The van der Waals surface area contributed by atoms with Gasteiger partial charge in [0.05, 0.1) is 10.4 Å². The van der Waals surface area contributed by atoms with Gasteiger partial charge in [-0.1, -0.05) is 29.8 Å². The molecule has 0 unspecified atom stereocenters. The summed E-state index contributed by atoms with van der Waals surface area (Å²) in [7, 11) is 0. The lowest BCUT2D eigenvalue weighted by atomic mass is 10.1. The summed E-state index contributed by atoms with van der Waals surface area (Å²) in [5.74, 6) is -0.454. The SMILES string of the molecule is CCN(CC)C(=O)c1sc(NC(=O)/C=C/c2ccc(C)cc2)c(C#N)c1C. The van der Waals surface area contributed by atoms with Gasteiger partial charge in [0.1, 0.15) is 11.1 Å². The fourth-order valence-corrected chi connectivity index (χ4v) is 3.73. The zero-order valence-corrected chi connectivity index (χ0v) is 16.8. The first-order valence-corrected chi connectivity index (χ1v) is 9.61. The Bertz CT molecular complexity index is 901. The number of rotatable bonds is 6. The number of nitrogens with one attached hydrogen (secondary N) is 1. The van der Waals surface area contributed by atoms with Crippen molar-refractivity contribution in [1.29, 1.82) is 5.26 Å². The minimum atomic E-state index is -0.338. The monoisotopic (exact) mass is 381 g/mol. The zero-order chi connectivity index (χ0) is 20.0.